The quantitative estimate of drug-likeness (QED) is 0.168. The van der Waals surface area contributed by atoms with E-state index in [4.69, 9.17) is 0 Å². The minimum atomic E-state index is -0.0783. The van der Waals surface area contributed by atoms with Crippen molar-refractivity contribution in [3.63, 3.8) is 0 Å². The molecule has 1 aromatic heterocycles. The monoisotopic (exact) mass is 540 g/mol. The van der Waals surface area contributed by atoms with Gasteiger partial charge < -0.3 is 0 Å². The van der Waals surface area contributed by atoms with Gasteiger partial charge in [-0.3, -0.25) is 0 Å². The summed E-state index contributed by atoms with van der Waals surface area (Å²) < 4.78 is 2.81. The van der Waals surface area contributed by atoms with E-state index in [-0.39, 0.29) is 10.8 Å². The lowest BCUT2D eigenvalue weighted by Gasteiger charge is -2.24. The van der Waals surface area contributed by atoms with Crippen molar-refractivity contribution < 1.29 is 0 Å². The Labute approximate surface area is 243 Å². The SMILES string of the molecule is CC1(C)c2cc3c(cc2-c2c1cc1ccc4cccc5ccc2c1c45)C(C)(C)c1ccc2c(sc4ccccc42)c1-3. The minimum Gasteiger partial charge on any atom is -0.135 e. The zero-order valence-electron chi connectivity index (χ0n) is 23.6. The van der Waals surface area contributed by atoms with Gasteiger partial charge in [0.25, 0.3) is 0 Å². The molecule has 0 spiro atoms. The van der Waals surface area contributed by atoms with Crippen LogP contribution >= 0.6 is 11.3 Å². The van der Waals surface area contributed by atoms with E-state index in [1.54, 1.807) is 0 Å². The minimum absolute atomic E-state index is 0.0548. The molecular formula is C40H28S. The topological polar surface area (TPSA) is 0 Å². The molecule has 41 heavy (non-hydrogen) atoms. The number of hydrogen-bond acceptors (Lipinski definition) is 1. The lowest BCUT2D eigenvalue weighted by Crippen LogP contribution is -2.17. The largest absolute Gasteiger partial charge is 0.135 e. The predicted molar refractivity (Wildman–Crippen MR) is 178 cm³/mol. The average Bonchev–Trinajstić information content (AvgIpc) is 3.54. The van der Waals surface area contributed by atoms with Crippen molar-refractivity contribution in [2.24, 2.45) is 0 Å². The van der Waals surface area contributed by atoms with Crippen LogP contribution in [0.5, 0.6) is 0 Å². The molecule has 10 rings (SSSR count). The maximum absolute atomic E-state index is 2.58. The van der Waals surface area contributed by atoms with Gasteiger partial charge in [0.05, 0.1) is 0 Å². The molecule has 0 saturated carbocycles. The molecule has 0 amide bonds. The highest BCUT2D eigenvalue weighted by Gasteiger charge is 2.43. The van der Waals surface area contributed by atoms with E-state index in [1.807, 2.05) is 11.3 Å². The average molecular weight is 541 g/mol. The summed E-state index contributed by atoms with van der Waals surface area (Å²) in [5.74, 6) is 0. The van der Waals surface area contributed by atoms with Gasteiger partial charge in [0.1, 0.15) is 0 Å². The fourth-order valence-corrected chi connectivity index (χ4v) is 9.77. The molecule has 0 atom stereocenters. The van der Waals surface area contributed by atoms with Gasteiger partial charge in [-0.15, -0.1) is 11.3 Å². The van der Waals surface area contributed by atoms with Crippen molar-refractivity contribution in [3.8, 4) is 22.3 Å². The Kier molecular flexibility index (Phi) is 3.83. The van der Waals surface area contributed by atoms with E-state index in [2.05, 4.69) is 125 Å². The zero-order chi connectivity index (χ0) is 27.4. The number of fused-ring (bicyclic) bond motifs is 11. The van der Waals surface area contributed by atoms with E-state index < -0.39 is 0 Å². The number of benzene rings is 7. The van der Waals surface area contributed by atoms with Gasteiger partial charge in [-0.05, 0) is 95.5 Å². The fourth-order valence-electron chi connectivity index (χ4n) is 8.51. The Morgan fingerprint density at radius 2 is 1.12 bits per heavy atom. The molecule has 2 aliphatic carbocycles. The van der Waals surface area contributed by atoms with E-state index in [0.717, 1.165) is 0 Å². The first-order valence-corrected chi connectivity index (χ1v) is 15.5. The number of hydrogen-bond donors (Lipinski definition) is 0. The molecule has 7 aromatic carbocycles. The molecule has 0 nitrogen and oxygen atoms in total. The van der Waals surface area contributed by atoms with Crippen LogP contribution in [0.3, 0.4) is 0 Å². The highest BCUT2D eigenvalue weighted by molar-refractivity contribution is 7.26. The second-order valence-electron chi connectivity index (χ2n) is 13.3. The summed E-state index contributed by atoms with van der Waals surface area (Å²) in [6, 6.07) is 37.4. The van der Waals surface area contributed by atoms with Crippen LogP contribution < -0.4 is 0 Å². The molecule has 0 fully saturated rings. The first kappa shape index (κ1) is 22.5. The molecule has 0 unspecified atom stereocenters. The van der Waals surface area contributed by atoms with Gasteiger partial charge in [-0.25, -0.2) is 0 Å². The molecule has 8 aromatic rings. The van der Waals surface area contributed by atoms with Gasteiger partial charge in [-0.1, -0.05) is 100 Å². The molecule has 1 heterocycles. The smallest absolute Gasteiger partial charge is 0.0437 e. The summed E-state index contributed by atoms with van der Waals surface area (Å²) >= 11 is 1.96. The second-order valence-corrected chi connectivity index (χ2v) is 14.4. The summed E-state index contributed by atoms with van der Waals surface area (Å²) in [5.41, 5.74) is 11.5. The summed E-state index contributed by atoms with van der Waals surface area (Å²) in [5, 5.41) is 11.0. The van der Waals surface area contributed by atoms with Crippen molar-refractivity contribution >= 4 is 63.8 Å². The lowest BCUT2D eigenvalue weighted by molar-refractivity contribution is 0.652. The highest BCUT2D eigenvalue weighted by Crippen LogP contribution is 2.60. The second kappa shape index (κ2) is 6.98. The van der Waals surface area contributed by atoms with Crippen LogP contribution in [0, 0.1) is 0 Å². The Bertz CT molecular complexity index is 2450. The zero-order valence-corrected chi connectivity index (χ0v) is 24.5. The lowest BCUT2D eigenvalue weighted by atomic mass is 9.79. The van der Waals surface area contributed by atoms with E-state index in [9.17, 15) is 0 Å². The van der Waals surface area contributed by atoms with Crippen molar-refractivity contribution in [3.05, 3.63) is 119 Å². The van der Waals surface area contributed by atoms with Crippen LogP contribution in [0.4, 0.5) is 0 Å². The predicted octanol–water partition coefficient (Wildman–Crippen LogP) is 11.6. The third kappa shape index (κ3) is 2.50. The Morgan fingerprint density at radius 1 is 0.463 bits per heavy atom. The Balaban J connectivity index is 1.33. The van der Waals surface area contributed by atoms with Crippen molar-refractivity contribution in [1.29, 1.82) is 0 Å². The first-order chi connectivity index (χ1) is 19.8. The summed E-state index contributed by atoms with van der Waals surface area (Å²) in [6.45, 7) is 9.72. The van der Waals surface area contributed by atoms with Gasteiger partial charge in [0, 0.05) is 36.6 Å². The van der Waals surface area contributed by atoms with E-state index in [0.29, 0.717) is 0 Å². The standard InChI is InChI=1S/C40H28S/c1-39(2)29-17-16-25-24-10-5-6-11-33(24)41-38(25)37(29)28-20-30-27(19-31(28)39)36-26-15-14-22-9-7-8-21-12-13-23(35(26)34(21)22)18-32(36)40(30,3)4/h5-20H,1-4H3. The fraction of sp³-hybridized carbons (Fsp3) is 0.150. The van der Waals surface area contributed by atoms with Crippen LogP contribution in [-0.2, 0) is 10.8 Å². The molecular weight excluding hydrogens is 513 g/mol. The summed E-state index contributed by atoms with van der Waals surface area (Å²) in [7, 11) is 0. The van der Waals surface area contributed by atoms with Gasteiger partial charge in [0.2, 0.25) is 0 Å². The molecule has 0 radical (unpaired) electrons. The molecule has 194 valence electrons. The number of rotatable bonds is 0. The third-order valence-corrected chi connectivity index (χ3v) is 11.8. The molecule has 0 aliphatic heterocycles. The molecule has 0 bridgehead atoms. The van der Waals surface area contributed by atoms with Crippen LogP contribution in [0.1, 0.15) is 49.9 Å². The maximum atomic E-state index is 2.58. The third-order valence-electron chi connectivity index (χ3n) is 10.6. The highest BCUT2D eigenvalue weighted by atomic mass is 32.1. The van der Waals surface area contributed by atoms with Gasteiger partial charge in [0.15, 0.2) is 0 Å². The molecule has 1 heteroatoms. The number of thiophene rings is 1. The van der Waals surface area contributed by atoms with E-state index >= 15 is 0 Å². The van der Waals surface area contributed by atoms with Crippen LogP contribution in [-0.4, -0.2) is 0 Å². The summed E-state index contributed by atoms with van der Waals surface area (Å²) in [4.78, 5) is 0. The Morgan fingerprint density at radius 3 is 1.93 bits per heavy atom. The van der Waals surface area contributed by atoms with Crippen molar-refractivity contribution in [2.45, 2.75) is 38.5 Å². The molecule has 0 N–H and O–H groups in total. The van der Waals surface area contributed by atoms with E-state index in [1.165, 1.54) is 97.0 Å². The van der Waals surface area contributed by atoms with Crippen molar-refractivity contribution in [2.75, 3.05) is 0 Å². The van der Waals surface area contributed by atoms with Gasteiger partial charge in [-0.2, -0.15) is 0 Å². The van der Waals surface area contributed by atoms with Crippen LogP contribution in [0.15, 0.2) is 97.1 Å². The van der Waals surface area contributed by atoms with Crippen molar-refractivity contribution in [1.82, 2.24) is 0 Å². The summed E-state index contributed by atoms with van der Waals surface area (Å²) in [6.07, 6.45) is 0. The first-order valence-electron chi connectivity index (χ1n) is 14.7. The molecule has 0 saturated heterocycles. The molecule has 2 aliphatic rings. The Hall–Kier alpha value is -4.20. The maximum Gasteiger partial charge on any atom is 0.0437 e. The normalized spacial score (nSPS) is 16.2. The van der Waals surface area contributed by atoms with Crippen LogP contribution in [0.2, 0.25) is 0 Å². The van der Waals surface area contributed by atoms with Gasteiger partial charge >= 0.3 is 0 Å². The van der Waals surface area contributed by atoms with Crippen LogP contribution in [0.25, 0.3) is 74.7 Å².